The fraction of sp³-hybridized carbons (Fsp3) is 0.167. The normalized spacial score (nSPS) is 12.7. The Hall–Kier alpha value is -0.610. The number of halogens is 3. The second-order valence-corrected chi connectivity index (χ2v) is 5.39. The van der Waals surface area contributed by atoms with Gasteiger partial charge < -0.3 is 5.73 Å². The van der Waals surface area contributed by atoms with Gasteiger partial charge in [0.25, 0.3) is 0 Å². The molecule has 90 valence electrons. The SMILES string of the molecule is NC(Cc1cccc(F)c1Cl)c1sccc1Cl. The molecule has 0 aliphatic carbocycles. The van der Waals surface area contributed by atoms with Crippen LogP contribution in [0, 0.1) is 5.82 Å². The van der Waals surface area contributed by atoms with Gasteiger partial charge in [0.05, 0.1) is 10.0 Å². The highest BCUT2D eigenvalue weighted by Gasteiger charge is 2.15. The van der Waals surface area contributed by atoms with Crippen LogP contribution in [0.25, 0.3) is 0 Å². The van der Waals surface area contributed by atoms with E-state index >= 15 is 0 Å². The zero-order chi connectivity index (χ0) is 12.4. The third-order valence-corrected chi connectivity index (χ3v) is 4.37. The molecule has 1 aromatic carbocycles. The van der Waals surface area contributed by atoms with Gasteiger partial charge in [-0.15, -0.1) is 11.3 Å². The molecule has 0 amide bonds. The van der Waals surface area contributed by atoms with Gasteiger partial charge in [-0.05, 0) is 29.5 Å². The molecule has 2 aromatic rings. The molecular weight excluding hydrogens is 280 g/mol. The van der Waals surface area contributed by atoms with E-state index in [1.165, 1.54) is 17.4 Å². The fourth-order valence-electron chi connectivity index (χ4n) is 1.61. The standard InChI is InChI=1S/C12H10Cl2FNS/c13-8-4-5-17-12(8)10(16)6-7-2-1-3-9(15)11(7)14/h1-5,10H,6,16H2. The van der Waals surface area contributed by atoms with Gasteiger partial charge in [0.2, 0.25) is 0 Å². The fourth-order valence-corrected chi connectivity index (χ4v) is 3.01. The molecule has 1 nitrogen and oxygen atoms in total. The van der Waals surface area contributed by atoms with E-state index in [0.717, 1.165) is 4.88 Å². The van der Waals surface area contributed by atoms with Crippen LogP contribution in [-0.4, -0.2) is 0 Å². The maximum atomic E-state index is 13.3. The molecule has 0 fully saturated rings. The molecule has 1 unspecified atom stereocenters. The molecule has 0 aliphatic rings. The van der Waals surface area contributed by atoms with E-state index in [2.05, 4.69) is 0 Å². The Morgan fingerprint density at radius 3 is 2.71 bits per heavy atom. The van der Waals surface area contributed by atoms with Crippen molar-refractivity contribution in [1.29, 1.82) is 0 Å². The van der Waals surface area contributed by atoms with Crippen LogP contribution in [0.2, 0.25) is 10.0 Å². The summed E-state index contributed by atoms with van der Waals surface area (Å²) in [6.45, 7) is 0. The molecule has 0 aliphatic heterocycles. The Kier molecular flexibility index (Phi) is 4.05. The van der Waals surface area contributed by atoms with Gasteiger partial charge in [-0.3, -0.25) is 0 Å². The molecule has 5 heteroatoms. The van der Waals surface area contributed by atoms with Crippen LogP contribution in [0.15, 0.2) is 29.6 Å². The Bertz CT molecular complexity index is 527. The molecule has 0 saturated heterocycles. The first-order valence-electron chi connectivity index (χ1n) is 5.01. The van der Waals surface area contributed by atoms with E-state index < -0.39 is 5.82 Å². The largest absolute Gasteiger partial charge is 0.323 e. The predicted molar refractivity (Wildman–Crippen MR) is 71.4 cm³/mol. The summed E-state index contributed by atoms with van der Waals surface area (Å²) in [6.07, 6.45) is 0.469. The zero-order valence-electron chi connectivity index (χ0n) is 8.79. The van der Waals surface area contributed by atoms with Gasteiger partial charge >= 0.3 is 0 Å². The van der Waals surface area contributed by atoms with E-state index in [4.69, 9.17) is 28.9 Å². The topological polar surface area (TPSA) is 26.0 Å². The molecule has 0 radical (unpaired) electrons. The van der Waals surface area contributed by atoms with E-state index in [0.29, 0.717) is 17.0 Å². The van der Waals surface area contributed by atoms with Gasteiger partial charge in [-0.25, -0.2) is 4.39 Å². The number of rotatable bonds is 3. The molecule has 2 N–H and O–H groups in total. The first-order chi connectivity index (χ1) is 8.09. The van der Waals surface area contributed by atoms with Gasteiger partial charge in [-0.1, -0.05) is 35.3 Å². The number of hydrogen-bond acceptors (Lipinski definition) is 2. The molecule has 2 rings (SSSR count). The van der Waals surface area contributed by atoms with Crippen LogP contribution in [0.4, 0.5) is 4.39 Å². The van der Waals surface area contributed by atoms with E-state index in [1.807, 2.05) is 5.38 Å². The lowest BCUT2D eigenvalue weighted by Crippen LogP contribution is -2.12. The van der Waals surface area contributed by atoms with Crippen molar-refractivity contribution in [2.24, 2.45) is 5.73 Å². The van der Waals surface area contributed by atoms with Gasteiger partial charge in [0.15, 0.2) is 0 Å². The predicted octanol–water partition coefficient (Wildman–Crippen LogP) is 4.44. The van der Waals surface area contributed by atoms with Crippen molar-refractivity contribution in [2.75, 3.05) is 0 Å². The van der Waals surface area contributed by atoms with Gasteiger partial charge in [0.1, 0.15) is 5.82 Å². The second kappa shape index (κ2) is 5.36. The van der Waals surface area contributed by atoms with Crippen molar-refractivity contribution in [3.63, 3.8) is 0 Å². The summed E-state index contributed by atoms with van der Waals surface area (Å²) in [5.41, 5.74) is 6.73. The highest BCUT2D eigenvalue weighted by atomic mass is 35.5. The molecule has 0 spiro atoms. The third-order valence-electron chi connectivity index (χ3n) is 2.45. The van der Waals surface area contributed by atoms with E-state index in [1.54, 1.807) is 18.2 Å². The van der Waals surface area contributed by atoms with Crippen molar-refractivity contribution in [2.45, 2.75) is 12.5 Å². The smallest absolute Gasteiger partial charge is 0.142 e. The Labute approximate surface area is 113 Å². The van der Waals surface area contributed by atoms with Crippen molar-refractivity contribution >= 4 is 34.5 Å². The minimum absolute atomic E-state index is 0.135. The quantitative estimate of drug-likeness (QED) is 0.888. The molecule has 1 atom stereocenters. The van der Waals surface area contributed by atoms with Gasteiger partial charge in [-0.2, -0.15) is 0 Å². The Morgan fingerprint density at radius 1 is 1.29 bits per heavy atom. The average Bonchev–Trinajstić information content (AvgIpc) is 2.71. The highest BCUT2D eigenvalue weighted by molar-refractivity contribution is 7.10. The number of benzene rings is 1. The van der Waals surface area contributed by atoms with Crippen LogP contribution < -0.4 is 5.73 Å². The number of hydrogen-bond donors (Lipinski definition) is 1. The number of nitrogens with two attached hydrogens (primary N) is 1. The van der Waals surface area contributed by atoms with Crippen molar-refractivity contribution in [1.82, 2.24) is 0 Å². The summed E-state index contributed by atoms with van der Waals surface area (Å²) in [7, 11) is 0. The van der Waals surface area contributed by atoms with Crippen molar-refractivity contribution < 1.29 is 4.39 Å². The lowest BCUT2D eigenvalue weighted by Gasteiger charge is -2.12. The Morgan fingerprint density at radius 2 is 2.06 bits per heavy atom. The molecule has 0 bridgehead atoms. The van der Waals surface area contributed by atoms with Crippen LogP contribution in [-0.2, 0) is 6.42 Å². The molecule has 1 heterocycles. The van der Waals surface area contributed by atoms with E-state index in [-0.39, 0.29) is 11.1 Å². The summed E-state index contributed by atoms with van der Waals surface area (Å²) >= 11 is 13.4. The Balaban J connectivity index is 2.22. The van der Waals surface area contributed by atoms with Crippen molar-refractivity contribution in [3.05, 3.63) is 55.9 Å². The maximum Gasteiger partial charge on any atom is 0.142 e. The maximum absolute atomic E-state index is 13.3. The minimum atomic E-state index is -0.423. The van der Waals surface area contributed by atoms with Crippen LogP contribution in [0.1, 0.15) is 16.5 Å². The first-order valence-corrected chi connectivity index (χ1v) is 6.64. The average molecular weight is 290 g/mol. The molecule has 1 aromatic heterocycles. The first kappa shape index (κ1) is 12.8. The molecular formula is C12H10Cl2FNS. The summed E-state index contributed by atoms with van der Waals surface area (Å²) in [5, 5.41) is 2.66. The van der Waals surface area contributed by atoms with E-state index in [9.17, 15) is 4.39 Å². The molecule has 0 saturated carbocycles. The lowest BCUT2D eigenvalue weighted by atomic mass is 10.1. The summed E-state index contributed by atoms with van der Waals surface area (Å²) in [4.78, 5) is 0.895. The second-order valence-electron chi connectivity index (χ2n) is 3.66. The summed E-state index contributed by atoms with van der Waals surface area (Å²) < 4.78 is 13.3. The van der Waals surface area contributed by atoms with Gasteiger partial charge in [0, 0.05) is 10.9 Å². The third kappa shape index (κ3) is 2.80. The summed E-state index contributed by atoms with van der Waals surface area (Å²) in [5.74, 6) is -0.423. The zero-order valence-corrected chi connectivity index (χ0v) is 11.1. The van der Waals surface area contributed by atoms with Crippen LogP contribution >= 0.6 is 34.5 Å². The lowest BCUT2D eigenvalue weighted by molar-refractivity contribution is 0.623. The van der Waals surface area contributed by atoms with Crippen molar-refractivity contribution in [3.8, 4) is 0 Å². The highest BCUT2D eigenvalue weighted by Crippen LogP contribution is 2.31. The minimum Gasteiger partial charge on any atom is -0.323 e. The van der Waals surface area contributed by atoms with Crippen LogP contribution in [0.3, 0.4) is 0 Å². The number of thiophene rings is 1. The molecule has 17 heavy (non-hydrogen) atoms. The van der Waals surface area contributed by atoms with Crippen LogP contribution in [0.5, 0.6) is 0 Å². The monoisotopic (exact) mass is 289 g/mol. The summed E-state index contributed by atoms with van der Waals surface area (Å²) in [6, 6.07) is 6.26.